The molecular weight excluding hydrogens is 581 g/mol. The lowest BCUT2D eigenvalue weighted by Gasteiger charge is -2.31. The van der Waals surface area contributed by atoms with Crippen LogP contribution in [0.5, 0.6) is 5.75 Å². The number of amides is 1. The highest BCUT2D eigenvalue weighted by molar-refractivity contribution is 7.92. The number of rotatable bonds is 6. The van der Waals surface area contributed by atoms with Crippen LogP contribution in [0.1, 0.15) is 49.0 Å². The molecule has 220 valence electrons. The fraction of sp³-hybridized carbons (Fsp3) is 0.393. The minimum atomic E-state index is -4.83. The van der Waals surface area contributed by atoms with Gasteiger partial charge in [-0.1, -0.05) is 6.07 Å². The number of hydrogen-bond donors (Lipinski definition) is 0. The molecular formula is C28H29F3N2O6S2. The number of pyridine rings is 1. The van der Waals surface area contributed by atoms with Crippen molar-refractivity contribution in [2.75, 3.05) is 18.8 Å². The molecule has 1 aliphatic rings. The largest absolute Gasteiger partial charge is 0.573 e. The Morgan fingerprint density at radius 3 is 2.34 bits per heavy atom. The Kier molecular flexibility index (Phi) is 8.51. The molecule has 1 amide bonds. The number of esters is 1. The van der Waals surface area contributed by atoms with E-state index in [-0.39, 0.29) is 36.7 Å². The molecule has 8 nitrogen and oxygen atoms in total. The summed E-state index contributed by atoms with van der Waals surface area (Å²) in [7, 11) is -4.02. The van der Waals surface area contributed by atoms with Crippen LogP contribution in [-0.2, 0) is 24.1 Å². The summed E-state index contributed by atoms with van der Waals surface area (Å²) in [6.07, 6.45) is -3.88. The zero-order valence-corrected chi connectivity index (χ0v) is 24.2. The van der Waals surface area contributed by atoms with E-state index < -0.39 is 44.8 Å². The van der Waals surface area contributed by atoms with Gasteiger partial charge in [0.25, 0.3) is 5.91 Å². The molecule has 4 rings (SSSR count). The van der Waals surface area contributed by atoms with Crippen molar-refractivity contribution in [1.29, 1.82) is 0 Å². The average molecular weight is 611 g/mol. The molecule has 3 aromatic rings. The number of sulfone groups is 1. The predicted molar refractivity (Wildman–Crippen MR) is 147 cm³/mol. The minimum Gasteiger partial charge on any atom is -0.460 e. The number of hydrogen-bond acceptors (Lipinski definition) is 8. The van der Waals surface area contributed by atoms with Crippen molar-refractivity contribution >= 4 is 33.1 Å². The fourth-order valence-electron chi connectivity index (χ4n) is 4.59. The van der Waals surface area contributed by atoms with E-state index in [9.17, 15) is 31.2 Å². The van der Waals surface area contributed by atoms with E-state index in [1.54, 1.807) is 51.1 Å². The van der Waals surface area contributed by atoms with Gasteiger partial charge in [0.2, 0.25) is 0 Å². The van der Waals surface area contributed by atoms with E-state index in [0.717, 1.165) is 11.3 Å². The van der Waals surface area contributed by atoms with Crippen molar-refractivity contribution < 1.29 is 40.7 Å². The second-order valence-corrected chi connectivity index (χ2v) is 14.1. The third-order valence-electron chi connectivity index (χ3n) is 6.46. The maximum absolute atomic E-state index is 14.0. The molecule has 0 radical (unpaired) electrons. The van der Waals surface area contributed by atoms with Crippen molar-refractivity contribution in [2.24, 2.45) is 0 Å². The normalized spacial score (nSPS) is 19.3. The number of ether oxygens (including phenoxy) is 2. The van der Waals surface area contributed by atoms with Crippen LogP contribution in [0.15, 0.2) is 60.8 Å². The quantitative estimate of drug-likeness (QED) is 0.335. The number of nitrogens with zero attached hydrogens (tertiary/aromatic N) is 2. The van der Waals surface area contributed by atoms with Gasteiger partial charge in [-0.15, -0.1) is 24.5 Å². The number of benzene rings is 1. The van der Waals surface area contributed by atoms with E-state index in [4.69, 9.17) is 4.74 Å². The fourth-order valence-corrected chi connectivity index (χ4v) is 8.19. The monoisotopic (exact) mass is 610 g/mol. The number of carbonyl (C=O) groups is 2. The lowest BCUT2D eigenvalue weighted by atomic mass is 9.97. The second kappa shape index (κ2) is 11.4. The van der Waals surface area contributed by atoms with E-state index in [0.29, 0.717) is 15.3 Å². The number of aromatic nitrogens is 1. The standard InChI is InChI=1S/C28H29F3N2O6S2/c1-26(2,3)39-24(34)18-27(13-15-33(16-17-41(27,36)37)25(35)21-6-4-5-14-32-21)23-12-11-22(40-23)19-7-9-20(10-8-19)38-28(29,30)31/h4-12,14H,13,15-18H2,1-3H3/t27-/m0/s1. The molecule has 0 bridgehead atoms. The Bertz CT molecular complexity index is 1500. The van der Waals surface area contributed by atoms with Gasteiger partial charge in [-0.2, -0.15) is 0 Å². The number of carbonyl (C=O) groups excluding carboxylic acids is 2. The van der Waals surface area contributed by atoms with Crippen LogP contribution in [0.4, 0.5) is 13.2 Å². The summed E-state index contributed by atoms with van der Waals surface area (Å²) in [6.45, 7) is 5.02. The van der Waals surface area contributed by atoms with Gasteiger partial charge in [0.15, 0.2) is 9.84 Å². The Morgan fingerprint density at radius 2 is 1.73 bits per heavy atom. The molecule has 0 spiro atoms. The molecule has 1 saturated heterocycles. The van der Waals surface area contributed by atoms with Crippen molar-refractivity contribution in [3.63, 3.8) is 0 Å². The van der Waals surface area contributed by atoms with E-state index in [2.05, 4.69) is 9.72 Å². The van der Waals surface area contributed by atoms with E-state index in [1.165, 1.54) is 35.4 Å². The summed E-state index contributed by atoms with van der Waals surface area (Å²) in [6, 6.07) is 13.4. The molecule has 1 fully saturated rings. The molecule has 41 heavy (non-hydrogen) atoms. The first-order valence-electron chi connectivity index (χ1n) is 12.7. The minimum absolute atomic E-state index is 0.0497. The van der Waals surface area contributed by atoms with Crippen molar-refractivity contribution in [1.82, 2.24) is 9.88 Å². The summed E-state index contributed by atoms with van der Waals surface area (Å²) in [5, 5.41) is 0. The summed E-state index contributed by atoms with van der Waals surface area (Å²) >= 11 is 1.12. The maximum atomic E-state index is 14.0. The van der Waals surface area contributed by atoms with Crippen LogP contribution in [0.3, 0.4) is 0 Å². The molecule has 1 aliphatic heterocycles. The van der Waals surface area contributed by atoms with Crippen LogP contribution in [0.2, 0.25) is 0 Å². The second-order valence-electron chi connectivity index (χ2n) is 10.6. The smallest absolute Gasteiger partial charge is 0.460 e. The SMILES string of the molecule is CC(C)(C)OC(=O)C[C@]1(c2ccc(-c3ccc(OC(F)(F)F)cc3)s2)CCN(C(=O)c2ccccn2)CCS1(=O)=O. The van der Waals surface area contributed by atoms with Crippen LogP contribution in [-0.4, -0.2) is 61.0 Å². The zero-order chi connectivity index (χ0) is 30.1. The molecule has 1 aromatic carbocycles. The third-order valence-corrected chi connectivity index (χ3v) is 10.4. The molecule has 0 aliphatic carbocycles. The van der Waals surface area contributed by atoms with Gasteiger partial charge in [-0.3, -0.25) is 14.6 Å². The lowest BCUT2D eigenvalue weighted by molar-refractivity contribution is -0.274. The molecule has 2 aromatic heterocycles. The Morgan fingerprint density at radius 1 is 1.02 bits per heavy atom. The van der Waals surface area contributed by atoms with E-state index in [1.807, 2.05) is 0 Å². The Labute approximate surface area is 240 Å². The first-order valence-corrected chi connectivity index (χ1v) is 15.2. The third kappa shape index (κ3) is 7.25. The molecule has 1 atom stereocenters. The van der Waals surface area contributed by atoms with Crippen LogP contribution >= 0.6 is 11.3 Å². The van der Waals surface area contributed by atoms with Crippen LogP contribution in [0.25, 0.3) is 10.4 Å². The van der Waals surface area contributed by atoms with Gasteiger partial charge in [0.05, 0.1) is 12.2 Å². The topological polar surface area (TPSA) is 103 Å². The molecule has 0 unspecified atom stereocenters. The highest BCUT2D eigenvalue weighted by Crippen LogP contribution is 2.46. The van der Waals surface area contributed by atoms with Gasteiger partial charge in [0, 0.05) is 29.0 Å². The van der Waals surface area contributed by atoms with Crippen molar-refractivity contribution in [2.45, 2.75) is 50.3 Å². The Hall–Kier alpha value is -3.45. The molecule has 3 heterocycles. The number of thiophene rings is 1. The number of alkyl halides is 3. The first-order chi connectivity index (χ1) is 19.1. The Balaban J connectivity index is 1.70. The van der Waals surface area contributed by atoms with E-state index >= 15 is 0 Å². The predicted octanol–water partition coefficient (Wildman–Crippen LogP) is 5.60. The van der Waals surface area contributed by atoms with Gasteiger partial charge in [0.1, 0.15) is 21.8 Å². The summed E-state index contributed by atoms with van der Waals surface area (Å²) in [5.41, 5.74) is -0.128. The average Bonchev–Trinajstić information content (AvgIpc) is 3.32. The van der Waals surface area contributed by atoms with Crippen LogP contribution in [0, 0.1) is 0 Å². The van der Waals surface area contributed by atoms with Gasteiger partial charge in [-0.25, -0.2) is 8.42 Å². The molecule has 0 saturated carbocycles. The van der Waals surface area contributed by atoms with Gasteiger partial charge < -0.3 is 14.4 Å². The molecule has 0 N–H and O–H groups in total. The lowest BCUT2D eigenvalue weighted by Crippen LogP contribution is -2.40. The number of halogens is 3. The summed E-state index contributed by atoms with van der Waals surface area (Å²) in [4.78, 5) is 32.7. The first kappa shape index (κ1) is 30.5. The summed E-state index contributed by atoms with van der Waals surface area (Å²) < 4.78 is 73.4. The highest BCUT2D eigenvalue weighted by atomic mass is 32.2. The van der Waals surface area contributed by atoms with Crippen molar-refractivity contribution in [3.8, 4) is 16.2 Å². The summed E-state index contributed by atoms with van der Waals surface area (Å²) in [5.74, 6) is -1.88. The van der Waals surface area contributed by atoms with Gasteiger partial charge >= 0.3 is 12.3 Å². The highest BCUT2D eigenvalue weighted by Gasteiger charge is 2.50. The molecule has 13 heteroatoms. The van der Waals surface area contributed by atoms with Gasteiger partial charge in [-0.05, 0) is 81.3 Å². The zero-order valence-electron chi connectivity index (χ0n) is 22.6. The van der Waals surface area contributed by atoms with Crippen LogP contribution < -0.4 is 4.74 Å². The maximum Gasteiger partial charge on any atom is 0.573 e. The van der Waals surface area contributed by atoms with Crippen molar-refractivity contribution in [3.05, 3.63) is 71.4 Å².